The van der Waals surface area contributed by atoms with Crippen LogP contribution in [0.1, 0.15) is 6.92 Å². The van der Waals surface area contributed by atoms with Gasteiger partial charge in [0.1, 0.15) is 6.29 Å². The molecular weight excluding hydrogens is 373 g/mol. The fraction of sp³-hybridized carbons (Fsp3) is 0.769. The smallest absolute Gasteiger partial charge is 0.339 e. The second-order valence-corrected chi connectivity index (χ2v) is 8.22. The summed E-state index contributed by atoms with van der Waals surface area (Å²) in [7, 11) is -4.60. The SMILES string of the molecule is CC1(N(CC(=O)O)CP(=O)(O)O)CN(CC(=O)O)CCN(CC(=O)O)C1. The second kappa shape index (κ2) is 8.89. The Balaban J connectivity index is 3.19. The number of carboxylic acids is 3. The Kier molecular flexibility index (Phi) is 7.69. The Morgan fingerprint density at radius 2 is 1.38 bits per heavy atom. The van der Waals surface area contributed by atoms with Crippen LogP contribution in [0.5, 0.6) is 0 Å². The summed E-state index contributed by atoms with van der Waals surface area (Å²) in [5.41, 5.74) is -1.18. The third-order valence-electron chi connectivity index (χ3n) is 4.02. The molecule has 0 aliphatic carbocycles. The average molecular weight is 397 g/mol. The molecule has 0 aromatic heterocycles. The first-order chi connectivity index (χ1) is 11.8. The van der Waals surface area contributed by atoms with Gasteiger partial charge in [0.2, 0.25) is 0 Å². The fourth-order valence-corrected chi connectivity index (χ4v) is 3.99. The van der Waals surface area contributed by atoms with Crippen molar-refractivity contribution in [2.24, 2.45) is 0 Å². The summed E-state index contributed by atoms with van der Waals surface area (Å²) in [5.74, 6) is -3.53. The maximum absolute atomic E-state index is 11.5. The van der Waals surface area contributed by atoms with Gasteiger partial charge in [0.25, 0.3) is 0 Å². The van der Waals surface area contributed by atoms with E-state index < -0.39 is 43.9 Å². The number of carboxylic acid groups (broad SMARTS) is 3. The molecule has 0 unspecified atom stereocenters. The monoisotopic (exact) mass is 397 g/mol. The lowest BCUT2D eigenvalue weighted by Crippen LogP contribution is -2.59. The first-order valence-electron chi connectivity index (χ1n) is 7.70. The highest BCUT2D eigenvalue weighted by atomic mass is 31.2. The molecule has 13 heteroatoms. The van der Waals surface area contributed by atoms with Crippen molar-refractivity contribution >= 4 is 25.5 Å². The summed E-state index contributed by atoms with van der Waals surface area (Å²) < 4.78 is 11.5. The van der Waals surface area contributed by atoms with E-state index >= 15 is 0 Å². The first-order valence-corrected chi connectivity index (χ1v) is 9.50. The van der Waals surface area contributed by atoms with Gasteiger partial charge in [-0.25, -0.2) is 0 Å². The zero-order valence-corrected chi connectivity index (χ0v) is 15.2. The normalized spacial score (nSPS) is 19.2. The number of aliphatic carboxylic acids is 3. The Morgan fingerprint density at radius 1 is 0.962 bits per heavy atom. The molecule has 0 atom stereocenters. The molecule has 26 heavy (non-hydrogen) atoms. The van der Waals surface area contributed by atoms with E-state index in [0.29, 0.717) is 0 Å². The molecule has 1 fully saturated rings. The van der Waals surface area contributed by atoms with Gasteiger partial charge in [-0.1, -0.05) is 0 Å². The quantitative estimate of drug-likeness (QED) is 0.272. The van der Waals surface area contributed by atoms with Gasteiger partial charge in [0.15, 0.2) is 0 Å². The molecule has 1 heterocycles. The maximum Gasteiger partial charge on any atom is 0.339 e. The highest BCUT2D eigenvalue weighted by Crippen LogP contribution is 2.38. The van der Waals surface area contributed by atoms with Crippen LogP contribution in [0.4, 0.5) is 0 Å². The lowest BCUT2D eigenvalue weighted by molar-refractivity contribution is -0.142. The van der Waals surface area contributed by atoms with Crippen LogP contribution in [0.25, 0.3) is 0 Å². The van der Waals surface area contributed by atoms with E-state index in [1.807, 2.05) is 0 Å². The van der Waals surface area contributed by atoms with E-state index in [4.69, 9.17) is 15.3 Å². The highest BCUT2D eigenvalue weighted by Gasteiger charge is 2.41. The van der Waals surface area contributed by atoms with E-state index in [0.717, 1.165) is 4.90 Å². The number of rotatable bonds is 9. The van der Waals surface area contributed by atoms with E-state index in [9.17, 15) is 28.7 Å². The van der Waals surface area contributed by atoms with Crippen molar-refractivity contribution in [3.05, 3.63) is 0 Å². The minimum atomic E-state index is -4.60. The molecule has 5 N–H and O–H groups in total. The molecule has 150 valence electrons. The largest absolute Gasteiger partial charge is 0.480 e. The first kappa shape index (κ1) is 22.5. The molecule has 1 rings (SSSR count). The van der Waals surface area contributed by atoms with Crippen LogP contribution in [-0.4, -0.2) is 115 Å². The molecule has 0 radical (unpaired) electrons. The fourth-order valence-electron chi connectivity index (χ4n) is 3.10. The van der Waals surface area contributed by atoms with Crippen LogP contribution in [0.3, 0.4) is 0 Å². The van der Waals surface area contributed by atoms with Gasteiger partial charge in [0.05, 0.1) is 19.6 Å². The highest BCUT2D eigenvalue weighted by molar-refractivity contribution is 7.51. The van der Waals surface area contributed by atoms with Crippen LogP contribution < -0.4 is 0 Å². The number of hydrogen-bond donors (Lipinski definition) is 5. The van der Waals surface area contributed by atoms with Gasteiger partial charge >= 0.3 is 25.5 Å². The zero-order valence-electron chi connectivity index (χ0n) is 14.3. The molecule has 0 saturated carbocycles. The molecule has 0 amide bonds. The van der Waals surface area contributed by atoms with Crippen LogP contribution in [0, 0.1) is 0 Å². The second-order valence-electron chi connectivity index (χ2n) is 6.60. The summed E-state index contributed by atoms with van der Waals surface area (Å²) in [4.78, 5) is 55.9. The third-order valence-corrected chi connectivity index (χ3v) is 4.73. The van der Waals surface area contributed by atoms with Crippen LogP contribution in [0.2, 0.25) is 0 Å². The molecule has 12 nitrogen and oxygen atoms in total. The van der Waals surface area contributed by atoms with Crippen molar-refractivity contribution in [3.63, 3.8) is 0 Å². The van der Waals surface area contributed by atoms with Gasteiger partial charge in [-0.05, 0) is 6.92 Å². The predicted molar refractivity (Wildman–Crippen MR) is 87.8 cm³/mol. The van der Waals surface area contributed by atoms with Crippen LogP contribution in [-0.2, 0) is 18.9 Å². The summed E-state index contributed by atoms with van der Waals surface area (Å²) in [5, 5.41) is 27.2. The van der Waals surface area contributed by atoms with Gasteiger partial charge in [-0.15, -0.1) is 0 Å². The van der Waals surface area contributed by atoms with Crippen molar-refractivity contribution < 1.29 is 44.1 Å². The van der Waals surface area contributed by atoms with Crippen LogP contribution >= 0.6 is 7.60 Å². The Hall–Kier alpha value is -1.56. The van der Waals surface area contributed by atoms with Gasteiger partial charge < -0.3 is 25.1 Å². The van der Waals surface area contributed by atoms with Crippen molar-refractivity contribution in [3.8, 4) is 0 Å². The van der Waals surface area contributed by atoms with Crippen LogP contribution in [0.15, 0.2) is 0 Å². The summed E-state index contributed by atoms with van der Waals surface area (Å²) in [6.45, 7) is 0.647. The van der Waals surface area contributed by atoms with E-state index in [2.05, 4.69) is 0 Å². The van der Waals surface area contributed by atoms with E-state index in [1.54, 1.807) is 6.92 Å². The predicted octanol–water partition coefficient (Wildman–Crippen LogP) is -1.95. The van der Waals surface area contributed by atoms with Crippen molar-refractivity contribution in [2.75, 3.05) is 52.1 Å². The van der Waals surface area contributed by atoms with Crippen molar-refractivity contribution in [1.82, 2.24) is 14.7 Å². The molecule has 0 spiro atoms. The lowest BCUT2D eigenvalue weighted by atomic mass is 9.99. The average Bonchev–Trinajstić information content (AvgIpc) is 2.54. The maximum atomic E-state index is 11.5. The molecule has 1 saturated heterocycles. The molecule has 0 aromatic rings. The van der Waals surface area contributed by atoms with Crippen molar-refractivity contribution in [2.45, 2.75) is 12.5 Å². The minimum absolute atomic E-state index is 0.0166. The minimum Gasteiger partial charge on any atom is -0.480 e. The topological polar surface area (TPSA) is 179 Å². The number of hydrogen-bond acceptors (Lipinski definition) is 7. The zero-order chi connectivity index (χ0) is 20.1. The molecule has 1 aliphatic rings. The van der Waals surface area contributed by atoms with Crippen molar-refractivity contribution in [1.29, 1.82) is 0 Å². The Bertz CT molecular complexity index is 567. The molecule has 1 aliphatic heterocycles. The van der Waals surface area contributed by atoms with Gasteiger partial charge in [-0.2, -0.15) is 0 Å². The standard InChI is InChI=1S/C13H24N3O9P/c1-13(16(6-12(21)22)9-26(23,24)25)7-14(4-10(17)18)2-3-15(8-13)5-11(19)20/h2-9H2,1H3,(H,17,18)(H,19,20)(H,21,22)(H2,23,24,25). The summed E-state index contributed by atoms with van der Waals surface area (Å²) >= 11 is 0. The summed E-state index contributed by atoms with van der Waals surface area (Å²) in [6.07, 6.45) is -0.836. The third kappa shape index (κ3) is 7.77. The van der Waals surface area contributed by atoms with E-state index in [1.165, 1.54) is 9.80 Å². The molecular formula is C13H24N3O9P. The number of carbonyl (C=O) groups is 3. The summed E-state index contributed by atoms with van der Waals surface area (Å²) in [6, 6.07) is 0. The number of nitrogens with zero attached hydrogens (tertiary/aromatic N) is 3. The van der Waals surface area contributed by atoms with Gasteiger partial charge in [0, 0.05) is 31.7 Å². The lowest BCUT2D eigenvalue weighted by Gasteiger charge is -2.43. The van der Waals surface area contributed by atoms with E-state index in [-0.39, 0.29) is 39.3 Å². The Labute approximate surface area is 149 Å². The van der Waals surface area contributed by atoms with Gasteiger partial charge in [-0.3, -0.25) is 33.6 Å². The molecule has 0 bridgehead atoms. The molecule has 0 aromatic carbocycles. The Morgan fingerprint density at radius 3 is 1.69 bits per heavy atom.